The second kappa shape index (κ2) is 4.45. The summed E-state index contributed by atoms with van der Waals surface area (Å²) in [4.78, 5) is 4.31. The average Bonchev–Trinajstić information content (AvgIpc) is 2.78. The normalized spacial score (nSPS) is 12.7. The van der Waals surface area contributed by atoms with E-state index in [4.69, 9.17) is 10.3 Å². The van der Waals surface area contributed by atoms with Crippen LogP contribution >= 0.6 is 0 Å². The average molecular weight is 217 g/mol. The van der Waals surface area contributed by atoms with E-state index < -0.39 is 0 Å². The van der Waals surface area contributed by atoms with E-state index in [-0.39, 0.29) is 6.04 Å². The number of rotatable bonds is 3. The van der Waals surface area contributed by atoms with Crippen LogP contribution in [-0.2, 0) is 0 Å². The maximum Gasteiger partial charge on any atom is 0.243 e. The summed E-state index contributed by atoms with van der Waals surface area (Å²) in [6, 6.07) is 7.76. The minimum Gasteiger partial charge on any atom is -0.337 e. The zero-order chi connectivity index (χ0) is 11.5. The van der Waals surface area contributed by atoms with Gasteiger partial charge in [-0.25, -0.2) is 0 Å². The molecule has 4 nitrogen and oxygen atoms in total. The Hall–Kier alpha value is -1.68. The summed E-state index contributed by atoms with van der Waals surface area (Å²) in [7, 11) is 0. The number of hydrogen-bond acceptors (Lipinski definition) is 4. The molecule has 1 atom stereocenters. The van der Waals surface area contributed by atoms with Crippen molar-refractivity contribution in [1.29, 1.82) is 0 Å². The second-order valence-electron chi connectivity index (χ2n) is 3.79. The summed E-state index contributed by atoms with van der Waals surface area (Å²) >= 11 is 0. The predicted octanol–water partition coefficient (Wildman–Crippen LogP) is 2.45. The lowest BCUT2D eigenvalue weighted by molar-refractivity contribution is 0.352. The maximum atomic E-state index is 5.83. The Labute approximate surface area is 94.5 Å². The first-order valence-electron chi connectivity index (χ1n) is 5.37. The molecule has 0 aliphatic carbocycles. The molecule has 0 spiro atoms. The molecule has 0 fully saturated rings. The van der Waals surface area contributed by atoms with Crippen LogP contribution in [0.5, 0.6) is 0 Å². The topological polar surface area (TPSA) is 64.9 Å². The first-order valence-corrected chi connectivity index (χ1v) is 5.37. The Morgan fingerprint density at radius 2 is 2.12 bits per heavy atom. The van der Waals surface area contributed by atoms with Gasteiger partial charge in [-0.05, 0) is 18.9 Å². The number of hydrogen-bond donors (Lipinski definition) is 1. The van der Waals surface area contributed by atoms with Crippen LogP contribution in [0.2, 0.25) is 0 Å². The van der Waals surface area contributed by atoms with Gasteiger partial charge in [0.1, 0.15) is 0 Å². The Balaban J connectivity index is 2.35. The van der Waals surface area contributed by atoms with E-state index in [1.54, 1.807) is 0 Å². The number of aryl methyl sites for hydroxylation is 1. The molecule has 0 saturated heterocycles. The fourth-order valence-electron chi connectivity index (χ4n) is 1.49. The van der Waals surface area contributed by atoms with E-state index >= 15 is 0 Å². The highest BCUT2D eigenvalue weighted by atomic mass is 16.5. The van der Waals surface area contributed by atoms with E-state index in [9.17, 15) is 0 Å². The summed E-state index contributed by atoms with van der Waals surface area (Å²) in [6.07, 6.45) is 0.787. The molecule has 16 heavy (non-hydrogen) atoms. The summed E-state index contributed by atoms with van der Waals surface area (Å²) in [6.45, 7) is 4.01. The summed E-state index contributed by atoms with van der Waals surface area (Å²) in [5.74, 6) is 1.11. The molecule has 0 saturated carbocycles. The number of aromatic nitrogens is 2. The van der Waals surface area contributed by atoms with Gasteiger partial charge in [-0.1, -0.05) is 36.3 Å². The highest BCUT2D eigenvalue weighted by molar-refractivity contribution is 5.58. The lowest BCUT2D eigenvalue weighted by Gasteiger charge is -2.00. The van der Waals surface area contributed by atoms with Gasteiger partial charge in [0.25, 0.3) is 0 Å². The van der Waals surface area contributed by atoms with Gasteiger partial charge in [0.2, 0.25) is 11.7 Å². The number of nitrogens with two attached hydrogens (primary N) is 1. The van der Waals surface area contributed by atoms with E-state index in [2.05, 4.69) is 10.1 Å². The molecule has 2 aromatic rings. The molecule has 0 radical (unpaired) electrons. The lowest BCUT2D eigenvalue weighted by Crippen LogP contribution is -2.08. The van der Waals surface area contributed by atoms with Crippen molar-refractivity contribution in [3.63, 3.8) is 0 Å². The van der Waals surface area contributed by atoms with Crippen molar-refractivity contribution < 1.29 is 4.52 Å². The van der Waals surface area contributed by atoms with Gasteiger partial charge < -0.3 is 10.3 Å². The van der Waals surface area contributed by atoms with Crippen molar-refractivity contribution in [3.05, 3.63) is 35.7 Å². The highest BCUT2D eigenvalue weighted by Crippen LogP contribution is 2.21. The molecule has 84 valence electrons. The Bertz CT molecular complexity index is 479. The smallest absolute Gasteiger partial charge is 0.243 e. The largest absolute Gasteiger partial charge is 0.337 e. The van der Waals surface area contributed by atoms with Gasteiger partial charge in [-0.2, -0.15) is 4.98 Å². The zero-order valence-corrected chi connectivity index (χ0v) is 9.47. The van der Waals surface area contributed by atoms with Gasteiger partial charge in [-0.15, -0.1) is 0 Å². The van der Waals surface area contributed by atoms with Crippen LogP contribution in [0.3, 0.4) is 0 Å². The van der Waals surface area contributed by atoms with Crippen LogP contribution in [0.25, 0.3) is 11.4 Å². The molecule has 0 amide bonds. The van der Waals surface area contributed by atoms with Crippen LogP contribution in [-0.4, -0.2) is 10.1 Å². The quantitative estimate of drug-likeness (QED) is 0.857. The van der Waals surface area contributed by atoms with E-state index in [1.165, 1.54) is 0 Å². The molecule has 0 aliphatic heterocycles. The molecule has 2 N–H and O–H groups in total. The zero-order valence-electron chi connectivity index (χ0n) is 9.47. The van der Waals surface area contributed by atoms with Crippen molar-refractivity contribution in [2.45, 2.75) is 26.3 Å². The molecule has 4 heteroatoms. The van der Waals surface area contributed by atoms with Crippen molar-refractivity contribution in [1.82, 2.24) is 10.1 Å². The summed E-state index contributed by atoms with van der Waals surface area (Å²) in [5, 5.41) is 3.95. The van der Waals surface area contributed by atoms with E-state index in [1.807, 2.05) is 38.1 Å². The van der Waals surface area contributed by atoms with Crippen LogP contribution < -0.4 is 5.73 Å². The molecule has 1 unspecified atom stereocenters. The van der Waals surface area contributed by atoms with Crippen LogP contribution in [0.1, 0.15) is 30.8 Å². The van der Waals surface area contributed by atoms with Crippen LogP contribution in [0.4, 0.5) is 0 Å². The molecule has 1 aromatic heterocycles. The Morgan fingerprint density at radius 3 is 2.81 bits per heavy atom. The van der Waals surface area contributed by atoms with Gasteiger partial charge in [0, 0.05) is 5.56 Å². The van der Waals surface area contributed by atoms with E-state index in [0.717, 1.165) is 17.5 Å². The van der Waals surface area contributed by atoms with E-state index in [0.29, 0.717) is 11.7 Å². The molecule has 2 rings (SSSR count). The molecular formula is C12H15N3O. The van der Waals surface area contributed by atoms with Gasteiger partial charge in [-0.3, -0.25) is 0 Å². The Kier molecular flexibility index (Phi) is 3.01. The van der Waals surface area contributed by atoms with Crippen molar-refractivity contribution in [3.8, 4) is 11.4 Å². The third kappa shape index (κ3) is 1.97. The lowest BCUT2D eigenvalue weighted by atomic mass is 10.1. The van der Waals surface area contributed by atoms with Crippen molar-refractivity contribution in [2.24, 2.45) is 5.73 Å². The summed E-state index contributed by atoms with van der Waals surface area (Å²) in [5.41, 5.74) is 7.94. The van der Waals surface area contributed by atoms with Crippen molar-refractivity contribution >= 4 is 0 Å². The fraction of sp³-hybridized carbons (Fsp3) is 0.333. The summed E-state index contributed by atoms with van der Waals surface area (Å²) < 4.78 is 5.14. The monoisotopic (exact) mass is 217 g/mol. The molecular weight excluding hydrogens is 202 g/mol. The number of nitrogens with zero attached hydrogens (tertiary/aromatic N) is 2. The van der Waals surface area contributed by atoms with Crippen LogP contribution in [0.15, 0.2) is 28.8 Å². The molecule has 0 bridgehead atoms. The molecule has 0 aliphatic rings. The predicted molar refractivity (Wildman–Crippen MR) is 61.7 cm³/mol. The maximum absolute atomic E-state index is 5.83. The standard InChI is InChI=1S/C12H15N3O/c1-3-10(13)12-14-11(15-16-12)9-7-5-4-6-8(9)2/h4-7,10H,3,13H2,1-2H3. The second-order valence-corrected chi connectivity index (χ2v) is 3.79. The van der Waals surface area contributed by atoms with Crippen molar-refractivity contribution in [2.75, 3.05) is 0 Å². The molecule has 1 aromatic carbocycles. The minimum absolute atomic E-state index is 0.176. The van der Waals surface area contributed by atoms with Gasteiger partial charge >= 0.3 is 0 Å². The first kappa shape index (κ1) is 10.8. The third-order valence-corrected chi connectivity index (χ3v) is 2.58. The Morgan fingerprint density at radius 1 is 1.38 bits per heavy atom. The minimum atomic E-state index is -0.176. The van der Waals surface area contributed by atoms with Crippen LogP contribution in [0, 0.1) is 6.92 Å². The van der Waals surface area contributed by atoms with Gasteiger partial charge in [0.15, 0.2) is 0 Å². The highest BCUT2D eigenvalue weighted by Gasteiger charge is 2.14. The number of benzene rings is 1. The van der Waals surface area contributed by atoms with Gasteiger partial charge in [0.05, 0.1) is 6.04 Å². The fourth-order valence-corrected chi connectivity index (χ4v) is 1.49. The first-order chi connectivity index (χ1) is 7.72. The third-order valence-electron chi connectivity index (χ3n) is 2.58. The molecule has 1 heterocycles. The SMILES string of the molecule is CCC(N)c1nc(-c2ccccc2C)no1.